The van der Waals surface area contributed by atoms with Gasteiger partial charge in [-0.25, -0.2) is 4.98 Å². The van der Waals surface area contributed by atoms with Crippen molar-refractivity contribution in [3.63, 3.8) is 0 Å². The molecule has 0 aliphatic carbocycles. The number of rotatable bonds is 4. The maximum absolute atomic E-state index is 6.22. The average molecular weight is 477 g/mol. The zero-order valence-corrected chi connectivity index (χ0v) is 17.3. The summed E-state index contributed by atoms with van der Waals surface area (Å²) in [5.74, 6) is 1.11. The number of benzene rings is 2. The normalized spacial score (nSPS) is 10.8. The lowest BCUT2D eigenvalue weighted by atomic mass is 10.2. The van der Waals surface area contributed by atoms with Crippen LogP contribution in [0.2, 0.25) is 10.0 Å². The Morgan fingerprint density at radius 1 is 1.00 bits per heavy atom. The van der Waals surface area contributed by atoms with E-state index in [9.17, 15) is 0 Å². The van der Waals surface area contributed by atoms with Crippen LogP contribution in [0.3, 0.4) is 0 Å². The van der Waals surface area contributed by atoms with E-state index < -0.39 is 0 Å². The number of hydrogen-bond donors (Lipinski definition) is 2. The fourth-order valence-electron chi connectivity index (χ4n) is 2.62. The maximum Gasteiger partial charge on any atom is 0.248 e. The van der Waals surface area contributed by atoms with E-state index in [1.54, 1.807) is 30.5 Å². The van der Waals surface area contributed by atoms with E-state index in [0.29, 0.717) is 32.8 Å². The van der Waals surface area contributed by atoms with Crippen molar-refractivity contribution in [1.29, 1.82) is 0 Å². The predicted octanol–water partition coefficient (Wildman–Crippen LogP) is 6.21. The van der Waals surface area contributed by atoms with Crippen LogP contribution in [0.4, 0.5) is 17.2 Å². The standard InChI is InChI=1S/C19H12BrCl2N5O/c20-14-3-4-15(17-13(14)2-1-5-24-17)28-19-16(23)18(25-9-26-19)27-12-7-10(21)6-11(22)8-12/h1-9H,23H2,(H,25,26,27). The number of anilines is 3. The quantitative estimate of drug-likeness (QED) is 0.364. The largest absolute Gasteiger partial charge is 0.435 e. The molecule has 9 heteroatoms. The van der Waals surface area contributed by atoms with Crippen LogP contribution >= 0.6 is 39.1 Å². The summed E-state index contributed by atoms with van der Waals surface area (Å²) >= 11 is 15.6. The third-order valence-electron chi connectivity index (χ3n) is 3.86. The van der Waals surface area contributed by atoms with Crippen LogP contribution in [0.5, 0.6) is 11.6 Å². The van der Waals surface area contributed by atoms with Crippen molar-refractivity contribution in [2.24, 2.45) is 0 Å². The van der Waals surface area contributed by atoms with E-state index in [2.05, 4.69) is 36.2 Å². The second kappa shape index (κ2) is 7.79. The van der Waals surface area contributed by atoms with Crippen LogP contribution < -0.4 is 15.8 Å². The number of nitrogens with one attached hydrogen (secondary N) is 1. The van der Waals surface area contributed by atoms with Crippen molar-refractivity contribution in [1.82, 2.24) is 15.0 Å². The second-order valence-corrected chi connectivity index (χ2v) is 7.50. The number of aromatic nitrogens is 3. The van der Waals surface area contributed by atoms with E-state index in [1.165, 1.54) is 6.33 Å². The molecular formula is C19H12BrCl2N5O. The SMILES string of the molecule is Nc1c(Nc2cc(Cl)cc(Cl)c2)ncnc1Oc1ccc(Br)c2cccnc12. The molecule has 2 heterocycles. The summed E-state index contributed by atoms with van der Waals surface area (Å²) in [6.45, 7) is 0. The van der Waals surface area contributed by atoms with Crippen molar-refractivity contribution in [3.8, 4) is 11.6 Å². The second-order valence-electron chi connectivity index (χ2n) is 5.77. The van der Waals surface area contributed by atoms with E-state index in [-0.39, 0.29) is 11.6 Å². The molecule has 4 aromatic rings. The molecule has 4 rings (SSSR count). The Morgan fingerprint density at radius 3 is 2.57 bits per heavy atom. The van der Waals surface area contributed by atoms with Gasteiger partial charge in [-0.2, -0.15) is 4.98 Å². The summed E-state index contributed by atoms with van der Waals surface area (Å²) in [6.07, 6.45) is 3.05. The van der Waals surface area contributed by atoms with Gasteiger partial charge in [0.25, 0.3) is 0 Å². The lowest BCUT2D eigenvalue weighted by molar-refractivity contribution is 0.469. The van der Waals surface area contributed by atoms with Crippen molar-refractivity contribution in [2.75, 3.05) is 11.1 Å². The van der Waals surface area contributed by atoms with Gasteiger partial charge in [0.1, 0.15) is 17.5 Å². The first-order valence-corrected chi connectivity index (χ1v) is 9.61. The van der Waals surface area contributed by atoms with Gasteiger partial charge < -0.3 is 15.8 Å². The van der Waals surface area contributed by atoms with Crippen LogP contribution in [0.15, 0.2) is 59.5 Å². The number of pyridine rings is 1. The van der Waals surface area contributed by atoms with Gasteiger partial charge in [-0.05, 0) is 36.4 Å². The molecule has 140 valence electrons. The van der Waals surface area contributed by atoms with Gasteiger partial charge in [-0.3, -0.25) is 4.98 Å². The molecule has 3 N–H and O–H groups in total. The molecule has 2 aromatic heterocycles. The highest BCUT2D eigenvalue weighted by Crippen LogP contribution is 2.36. The number of ether oxygens (including phenoxy) is 1. The van der Waals surface area contributed by atoms with E-state index in [0.717, 1.165) is 9.86 Å². The van der Waals surface area contributed by atoms with Crippen LogP contribution in [-0.2, 0) is 0 Å². The predicted molar refractivity (Wildman–Crippen MR) is 116 cm³/mol. The summed E-state index contributed by atoms with van der Waals surface area (Å²) in [5.41, 5.74) is 7.79. The molecule has 2 aromatic carbocycles. The minimum absolute atomic E-state index is 0.208. The molecule has 6 nitrogen and oxygen atoms in total. The molecule has 0 bridgehead atoms. The molecule has 0 aliphatic heterocycles. The molecule has 0 amide bonds. The number of nitrogen functional groups attached to an aromatic ring is 1. The number of nitrogens with two attached hydrogens (primary N) is 1. The number of halogens is 3. The Balaban J connectivity index is 1.69. The van der Waals surface area contributed by atoms with Crippen LogP contribution in [-0.4, -0.2) is 15.0 Å². The molecule has 28 heavy (non-hydrogen) atoms. The van der Waals surface area contributed by atoms with Crippen molar-refractivity contribution >= 4 is 67.2 Å². The third kappa shape index (κ3) is 3.82. The molecule has 0 spiro atoms. The molecular weight excluding hydrogens is 465 g/mol. The Labute approximate surface area is 178 Å². The van der Waals surface area contributed by atoms with Gasteiger partial charge in [0, 0.05) is 31.8 Å². The lowest BCUT2D eigenvalue weighted by Crippen LogP contribution is -2.03. The lowest BCUT2D eigenvalue weighted by Gasteiger charge is -2.13. The van der Waals surface area contributed by atoms with E-state index in [4.69, 9.17) is 33.7 Å². The molecule has 0 radical (unpaired) electrons. The van der Waals surface area contributed by atoms with Crippen LogP contribution in [0.1, 0.15) is 0 Å². The summed E-state index contributed by atoms with van der Waals surface area (Å²) in [5, 5.41) is 4.98. The average Bonchev–Trinajstić information content (AvgIpc) is 2.66. The van der Waals surface area contributed by atoms with Gasteiger partial charge in [-0.1, -0.05) is 45.2 Å². The van der Waals surface area contributed by atoms with Crippen molar-refractivity contribution < 1.29 is 4.74 Å². The number of hydrogen-bond acceptors (Lipinski definition) is 6. The maximum atomic E-state index is 6.22. The van der Waals surface area contributed by atoms with Crippen molar-refractivity contribution in [3.05, 3.63) is 69.5 Å². The monoisotopic (exact) mass is 475 g/mol. The van der Waals surface area contributed by atoms with Gasteiger partial charge >= 0.3 is 0 Å². The Bertz CT molecular complexity index is 1170. The molecule has 0 fully saturated rings. The zero-order chi connectivity index (χ0) is 19.7. The van der Waals surface area contributed by atoms with Gasteiger partial charge in [0.05, 0.1) is 0 Å². The zero-order valence-electron chi connectivity index (χ0n) is 14.2. The molecule has 0 aliphatic rings. The first kappa shape index (κ1) is 18.7. The molecule has 0 unspecified atom stereocenters. The Hall–Kier alpha value is -2.61. The van der Waals surface area contributed by atoms with Crippen molar-refractivity contribution in [2.45, 2.75) is 0 Å². The van der Waals surface area contributed by atoms with Gasteiger partial charge in [-0.15, -0.1) is 0 Å². The smallest absolute Gasteiger partial charge is 0.248 e. The summed E-state index contributed by atoms with van der Waals surface area (Å²) in [4.78, 5) is 12.7. The Kier molecular flexibility index (Phi) is 5.21. The first-order valence-electron chi connectivity index (χ1n) is 8.06. The molecule has 0 atom stereocenters. The highest BCUT2D eigenvalue weighted by Gasteiger charge is 2.14. The fourth-order valence-corrected chi connectivity index (χ4v) is 3.60. The topological polar surface area (TPSA) is 86.0 Å². The molecule has 0 saturated heterocycles. The molecule has 0 saturated carbocycles. The first-order chi connectivity index (χ1) is 13.5. The van der Waals surface area contributed by atoms with Gasteiger partial charge in [0.2, 0.25) is 5.88 Å². The number of nitrogens with zero attached hydrogens (tertiary/aromatic N) is 3. The van der Waals surface area contributed by atoms with Crippen LogP contribution in [0, 0.1) is 0 Å². The van der Waals surface area contributed by atoms with E-state index >= 15 is 0 Å². The Morgan fingerprint density at radius 2 is 1.79 bits per heavy atom. The van der Waals surface area contributed by atoms with E-state index in [1.807, 2.05) is 18.2 Å². The third-order valence-corrected chi connectivity index (χ3v) is 4.99. The summed E-state index contributed by atoms with van der Waals surface area (Å²) < 4.78 is 6.87. The minimum Gasteiger partial charge on any atom is -0.435 e. The highest BCUT2D eigenvalue weighted by atomic mass is 79.9. The van der Waals surface area contributed by atoms with Gasteiger partial charge in [0.15, 0.2) is 11.6 Å². The highest BCUT2D eigenvalue weighted by molar-refractivity contribution is 9.10. The summed E-state index contributed by atoms with van der Waals surface area (Å²) in [6, 6.07) is 12.5. The fraction of sp³-hybridized carbons (Fsp3) is 0. The summed E-state index contributed by atoms with van der Waals surface area (Å²) in [7, 11) is 0. The van der Waals surface area contributed by atoms with Crippen LogP contribution in [0.25, 0.3) is 10.9 Å². The number of fused-ring (bicyclic) bond motifs is 1. The minimum atomic E-state index is 0.208.